The van der Waals surface area contributed by atoms with E-state index >= 15 is 0 Å². The Hall–Kier alpha value is -1.39. The van der Waals surface area contributed by atoms with Crippen LogP contribution in [0.1, 0.15) is 26.2 Å². The Morgan fingerprint density at radius 1 is 1.29 bits per heavy atom. The second-order valence-corrected chi connectivity index (χ2v) is 6.07. The highest BCUT2D eigenvalue weighted by Crippen LogP contribution is 2.18. The van der Waals surface area contributed by atoms with E-state index in [0.717, 1.165) is 24.6 Å². The van der Waals surface area contributed by atoms with Crippen LogP contribution in [0.3, 0.4) is 0 Å². The van der Waals surface area contributed by atoms with Gasteiger partial charge in [-0.15, -0.1) is 0 Å². The lowest BCUT2D eigenvalue weighted by atomic mass is 9.94. The Bertz CT molecular complexity index is 427. The van der Waals surface area contributed by atoms with Gasteiger partial charge >= 0.3 is 0 Å². The summed E-state index contributed by atoms with van der Waals surface area (Å²) >= 11 is 0. The van der Waals surface area contributed by atoms with Gasteiger partial charge in [0, 0.05) is 5.69 Å². The third kappa shape index (κ3) is 5.48. The molecule has 0 bridgehead atoms. The van der Waals surface area contributed by atoms with Gasteiger partial charge in [-0.3, -0.25) is 4.79 Å². The first-order chi connectivity index (χ1) is 10.1. The van der Waals surface area contributed by atoms with Gasteiger partial charge in [-0.25, -0.2) is 0 Å². The maximum absolute atomic E-state index is 12.1. The molecule has 0 spiro atoms. The predicted octanol–water partition coefficient (Wildman–Crippen LogP) is 2.34. The number of piperidine rings is 1. The molecule has 0 saturated carbocycles. The van der Waals surface area contributed by atoms with Crippen molar-refractivity contribution in [1.29, 1.82) is 0 Å². The summed E-state index contributed by atoms with van der Waals surface area (Å²) in [6.07, 6.45) is 3.72. The van der Waals surface area contributed by atoms with Crippen molar-refractivity contribution in [3.05, 3.63) is 30.3 Å². The van der Waals surface area contributed by atoms with Crippen LogP contribution in [0.2, 0.25) is 0 Å². The van der Waals surface area contributed by atoms with Crippen LogP contribution in [0.5, 0.6) is 0 Å². The SMILES string of the molecule is CC(NCCC1CCN(C)CC1)C(=O)Nc1ccccc1. The molecular weight excluding hydrogens is 262 g/mol. The van der Waals surface area contributed by atoms with Crippen molar-refractivity contribution in [2.75, 3.05) is 32.0 Å². The predicted molar refractivity (Wildman–Crippen MR) is 87.4 cm³/mol. The van der Waals surface area contributed by atoms with E-state index in [0.29, 0.717) is 0 Å². The standard InChI is InChI=1S/C17H27N3O/c1-14(17(21)19-16-6-4-3-5-7-16)18-11-8-15-9-12-20(2)13-10-15/h3-7,14-15,18H,8-13H2,1-2H3,(H,19,21). The van der Waals surface area contributed by atoms with Gasteiger partial charge in [-0.1, -0.05) is 18.2 Å². The Morgan fingerprint density at radius 2 is 1.95 bits per heavy atom. The lowest BCUT2D eigenvalue weighted by Crippen LogP contribution is -2.39. The smallest absolute Gasteiger partial charge is 0.241 e. The van der Waals surface area contributed by atoms with Gasteiger partial charge in [-0.2, -0.15) is 0 Å². The highest BCUT2D eigenvalue weighted by Gasteiger charge is 2.17. The van der Waals surface area contributed by atoms with E-state index in [-0.39, 0.29) is 11.9 Å². The third-order valence-electron chi connectivity index (χ3n) is 4.28. The molecule has 1 saturated heterocycles. The summed E-state index contributed by atoms with van der Waals surface area (Å²) in [4.78, 5) is 14.4. The first-order valence-electron chi connectivity index (χ1n) is 7.93. The lowest BCUT2D eigenvalue weighted by molar-refractivity contribution is -0.117. The van der Waals surface area contributed by atoms with Gasteiger partial charge in [-0.05, 0) is 70.9 Å². The van der Waals surface area contributed by atoms with Crippen LogP contribution in [0.25, 0.3) is 0 Å². The lowest BCUT2D eigenvalue weighted by Gasteiger charge is -2.29. The molecule has 1 atom stereocenters. The number of para-hydroxylation sites is 1. The minimum absolute atomic E-state index is 0.0320. The fraction of sp³-hybridized carbons (Fsp3) is 0.588. The van der Waals surface area contributed by atoms with Gasteiger partial charge in [0.05, 0.1) is 6.04 Å². The highest BCUT2D eigenvalue weighted by atomic mass is 16.2. The molecule has 116 valence electrons. The Labute approximate surface area is 127 Å². The summed E-state index contributed by atoms with van der Waals surface area (Å²) in [7, 11) is 2.18. The second kappa shape index (κ2) is 8.15. The number of likely N-dealkylation sites (tertiary alicyclic amines) is 1. The van der Waals surface area contributed by atoms with Crippen molar-refractivity contribution in [2.24, 2.45) is 5.92 Å². The number of amides is 1. The van der Waals surface area contributed by atoms with E-state index in [1.165, 1.54) is 25.9 Å². The first kappa shape index (κ1) is 16.0. The molecule has 1 aromatic rings. The molecule has 1 amide bonds. The maximum atomic E-state index is 12.1. The summed E-state index contributed by atoms with van der Waals surface area (Å²) in [5, 5.41) is 6.26. The summed E-state index contributed by atoms with van der Waals surface area (Å²) in [5.74, 6) is 0.836. The van der Waals surface area contributed by atoms with Crippen molar-refractivity contribution >= 4 is 11.6 Å². The topological polar surface area (TPSA) is 44.4 Å². The zero-order chi connectivity index (χ0) is 15.1. The molecule has 0 radical (unpaired) electrons. The van der Waals surface area contributed by atoms with E-state index in [1.807, 2.05) is 37.3 Å². The van der Waals surface area contributed by atoms with Gasteiger partial charge in [0.1, 0.15) is 0 Å². The molecule has 2 rings (SSSR count). The summed E-state index contributed by atoms with van der Waals surface area (Å²) < 4.78 is 0. The maximum Gasteiger partial charge on any atom is 0.241 e. The van der Waals surface area contributed by atoms with Crippen molar-refractivity contribution in [1.82, 2.24) is 10.2 Å². The minimum Gasteiger partial charge on any atom is -0.325 e. The number of carbonyl (C=O) groups excluding carboxylic acids is 1. The summed E-state index contributed by atoms with van der Waals surface area (Å²) in [5.41, 5.74) is 0.853. The highest BCUT2D eigenvalue weighted by molar-refractivity contribution is 5.94. The fourth-order valence-electron chi connectivity index (χ4n) is 2.72. The molecule has 1 aromatic carbocycles. The largest absolute Gasteiger partial charge is 0.325 e. The summed E-state index contributed by atoms with van der Waals surface area (Å²) in [6, 6.07) is 9.45. The van der Waals surface area contributed by atoms with Gasteiger partial charge in [0.2, 0.25) is 5.91 Å². The average Bonchev–Trinajstić information content (AvgIpc) is 2.50. The van der Waals surface area contributed by atoms with E-state index in [9.17, 15) is 4.79 Å². The normalized spacial score (nSPS) is 18.4. The number of rotatable bonds is 6. The monoisotopic (exact) mass is 289 g/mol. The molecule has 2 N–H and O–H groups in total. The number of hydrogen-bond acceptors (Lipinski definition) is 3. The molecule has 4 nitrogen and oxygen atoms in total. The van der Waals surface area contributed by atoms with Crippen LogP contribution < -0.4 is 10.6 Å². The minimum atomic E-state index is -0.156. The fourth-order valence-corrected chi connectivity index (χ4v) is 2.72. The van der Waals surface area contributed by atoms with Crippen LogP contribution in [0, 0.1) is 5.92 Å². The zero-order valence-electron chi connectivity index (χ0n) is 13.1. The Morgan fingerprint density at radius 3 is 2.62 bits per heavy atom. The van der Waals surface area contributed by atoms with Crippen LogP contribution in [-0.2, 0) is 4.79 Å². The van der Waals surface area contributed by atoms with Crippen molar-refractivity contribution < 1.29 is 4.79 Å². The van der Waals surface area contributed by atoms with Crippen molar-refractivity contribution in [2.45, 2.75) is 32.2 Å². The van der Waals surface area contributed by atoms with E-state index < -0.39 is 0 Å². The molecule has 1 unspecified atom stereocenters. The van der Waals surface area contributed by atoms with E-state index in [1.54, 1.807) is 0 Å². The van der Waals surface area contributed by atoms with E-state index in [4.69, 9.17) is 0 Å². The van der Waals surface area contributed by atoms with Crippen LogP contribution in [0.15, 0.2) is 30.3 Å². The Balaban J connectivity index is 1.65. The van der Waals surface area contributed by atoms with E-state index in [2.05, 4.69) is 22.6 Å². The molecule has 1 fully saturated rings. The number of carbonyl (C=O) groups is 1. The van der Waals surface area contributed by atoms with Crippen LogP contribution in [-0.4, -0.2) is 43.5 Å². The first-order valence-corrected chi connectivity index (χ1v) is 7.93. The number of nitrogens with zero attached hydrogens (tertiary/aromatic N) is 1. The van der Waals surface area contributed by atoms with Gasteiger partial charge in [0.15, 0.2) is 0 Å². The average molecular weight is 289 g/mol. The molecule has 0 aromatic heterocycles. The number of nitrogens with one attached hydrogen (secondary N) is 2. The van der Waals surface area contributed by atoms with Crippen molar-refractivity contribution in [3.8, 4) is 0 Å². The number of benzene rings is 1. The number of hydrogen-bond donors (Lipinski definition) is 2. The van der Waals surface area contributed by atoms with Crippen LogP contribution >= 0.6 is 0 Å². The molecule has 1 aliphatic heterocycles. The van der Waals surface area contributed by atoms with Gasteiger partial charge in [0.25, 0.3) is 0 Å². The molecule has 1 heterocycles. The molecule has 0 aliphatic carbocycles. The van der Waals surface area contributed by atoms with Crippen LogP contribution in [0.4, 0.5) is 5.69 Å². The zero-order valence-corrected chi connectivity index (χ0v) is 13.1. The van der Waals surface area contributed by atoms with Crippen molar-refractivity contribution in [3.63, 3.8) is 0 Å². The quantitative estimate of drug-likeness (QED) is 0.845. The molecule has 1 aliphatic rings. The summed E-state index contributed by atoms with van der Waals surface area (Å²) in [6.45, 7) is 5.24. The molecule has 4 heteroatoms. The Kier molecular flexibility index (Phi) is 6.21. The second-order valence-electron chi connectivity index (χ2n) is 6.07. The molecule has 21 heavy (non-hydrogen) atoms. The third-order valence-corrected chi connectivity index (χ3v) is 4.28. The van der Waals surface area contributed by atoms with Gasteiger partial charge < -0.3 is 15.5 Å². The molecular formula is C17H27N3O. The number of anilines is 1.